The fourth-order valence-electron chi connectivity index (χ4n) is 7.16. The number of unbranched alkanes of at least 4 members (excludes halogenated alkanes) is 1. The first-order valence-corrected chi connectivity index (χ1v) is 19.1. The van der Waals surface area contributed by atoms with Crippen LogP contribution in [0.2, 0.25) is 0 Å². The summed E-state index contributed by atoms with van der Waals surface area (Å²) in [4.78, 5) is 96.0. The predicted molar refractivity (Wildman–Crippen MR) is 208 cm³/mol. The Morgan fingerprint density at radius 2 is 1.75 bits per heavy atom. The third-order valence-corrected chi connectivity index (χ3v) is 10.5. The number of fused-ring (bicyclic) bond motifs is 5. The van der Waals surface area contributed by atoms with E-state index in [4.69, 9.17) is 21.2 Å². The maximum absolute atomic E-state index is 13.8. The highest BCUT2D eigenvalue weighted by atomic mass is 16.6. The quantitative estimate of drug-likeness (QED) is 0.0542. The maximum atomic E-state index is 13.8. The molecule has 4 heterocycles. The summed E-state index contributed by atoms with van der Waals surface area (Å²) in [5.74, 6) is -2.94. The number of benzene rings is 1. The molecule has 0 saturated carbocycles. The summed E-state index contributed by atoms with van der Waals surface area (Å²) < 4.78 is 6.78. The molecular formula is C39H51N9O9. The Hall–Kier alpha value is -5.88. The van der Waals surface area contributed by atoms with Crippen LogP contribution in [0.4, 0.5) is 4.79 Å². The van der Waals surface area contributed by atoms with Crippen LogP contribution in [-0.2, 0) is 53.9 Å². The van der Waals surface area contributed by atoms with Gasteiger partial charge in [-0.3, -0.25) is 24.0 Å². The lowest BCUT2D eigenvalue weighted by molar-refractivity contribution is -0.172. The van der Waals surface area contributed by atoms with Crippen LogP contribution < -0.4 is 38.3 Å². The summed E-state index contributed by atoms with van der Waals surface area (Å²) in [6.45, 7) is 6.82. The Morgan fingerprint density at radius 1 is 1.02 bits per heavy atom. The number of urea groups is 1. The van der Waals surface area contributed by atoms with E-state index in [0.29, 0.717) is 42.7 Å². The zero-order valence-electron chi connectivity index (χ0n) is 32.6. The molecule has 0 radical (unpaired) electrons. The van der Waals surface area contributed by atoms with Crippen LogP contribution in [0.25, 0.3) is 22.3 Å². The Labute approximate surface area is 329 Å². The predicted octanol–water partition coefficient (Wildman–Crippen LogP) is -0.238. The number of pyridine rings is 2. The van der Waals surface area contributed by atoms with E-state index in [0.717, 1.165) is 16.5 Å². The van der Waals surface area contributed by atoms with Crippen molar-refractivity contribution < 1.29 is 38.6 Å². The number of aliphatic hydroxyl groups is 1. The standard InChI is InChI=1S/C39H51N9O9/c1-5-39(56)27-17-30-32-25(19-48(30)36(53)26(27)20-57-37(39)54)23(24-11-7-8-12-28(24)45-32)14-16-47(6-2)31(49)18-43-35(52)29(13-9-10-15-42-38(41)55)46-34(51)22(4)44-33(50)21(3)40/h7-8,11-12,17,21-22,29,56H,5-6,9-10,13-16,18-20,40H2,1-4H3,(H,43,52)(H,44,50)(H,46,51)(H3,41,42,55)/t21-,22-,29-,39-/m0/s1. The van der Waals surface area contributed by atoms with Crippen LogP contribution in [0.15, 0.2) is 35.1 Å². The van der Waals surface area contributed by atoms with Crippen molar-refractivity contribution in [2.75, 3.05) is 26.2 Å². The minimum Gasteiger partial charge on any atom is -0.458 e. The van der Waals surface area contributed by atoms with E-state index in [1.165, 1.54) is 13.8 Å². The molecular weight excluding hydrogens is 738 g/mol. The molecule has 0 saturated heterocycles. The fourth-order valence-corrected chi connectivity index (χ4v) is 7.16. The summed E-state index contributed by atoms with van der Waals surface area (Å²) in [6.07, 6.45) is 1.46. The normalized spacial score (nSPS) is 16.9. The number of nitrogens with one attached hydrogen (secondary N) is 4. The van der Waals surface area contributed by atoms with Gasteiger partial charge in [0, 0.05) is 36.1 Å². The minimum atomic E-state index is -1.96. The first-order chi connectivity index (χ1) is 27.1. The molecule has 0 unspecified atom stereocenters. The van der Waals surface area contributed by atoms with E-state index in [1.54, 1.807) is 22.5 Å². The number of cyclic esters (lactones) is 1. The Bertz CT molecular complexity index is 2140. The topological polar surface area (TPSA) is 270 Å². The molecule has 5 rings (SSSR count). The number of likely N-dealkylation sites (N-methyl/N-ethyl adjacent to an activating group) is 1. The van der Waals surface area contributed by atoms with Gasteiger partial charge >= 0.3 is 12.0 Å². The van der Waals surface area contributed by atoms with Crippen LogP contribution >= 0.6 is 0 Å². The summed E-state index contributed by atoms with van der Waals surface area (Å²) in [6, 6.07) is 5.60. The van der Waals surface area contributed by atoms with Crippen LogP contribution in [0.1, 0.15) is 75.6 Å². The number of primary amides is 1. The average Bonchev–Trinajstić information content (AvgIpc) is 3.55. The molecule has 18 heteroatoms. The van der Waals surface area contributed by atoms with Gasteiger partial charge < -0.3 is 52.0 Å². The van der Waals surface area contributed by atoms with E-state index in [2.05, 4.69) is 21.3 Å². The van der Waals surface area contributed by atoms with Crippen LogP contribution in [0.5, 0.6) is 0 Å². The lowest BCUT2D eigenvalue weighted by Gasteiger charge is -2.31. The molecule has 1 aromatic carbocycles. The van der Waals surface area contributed by atoms with Gasteiger partial charge in [0.2, 0.25) is 23.6 Å². The van der Waals surface area contributed by atoms with Crippen molar-refractivity contribution in [3.63, 3.8) is 0 Å². The highest BCUT2D eigenvalue weighted by Gasteiger charge is 2.45. The summed E-state index contributed by atoms with van der Waals surface area (Å²) in [7, 11) is 0. The first-order valence-electron chi connectivity index (χ1n) is 19.1. The van der Waals surface area contributed by atoms with Crippen molar-refractivity contribution in [2.45, 2.75) is 96.7 Å². The number of carbonyl (C=O) groups excluding carboxylic acids is 6. The van der Waals surface area contributed by atoms with E-state index in [1.807, 2.05) is 31.2 Å². The Morgan fingerprint density at radius 3 is 2.44 bits per heavy atom. The third kappa shape index (κ3) is 9.07. The van der Waals surface area contributed by atoms with Crippen molar-refractivity contribution in [3.8, 4) is 11.4 Å². The molecule has 0 fully saturated rings. The number of para-hydroxylation sites is 1. The summed E-state index contributed by atoms with van der Waals surface area (Å²) >= 11 is 0. The zero-order chi connectivity index (χ0) is 41.6. The molecule has 4 atom stereocenters. The second-order valence-electron chi connectivity index (χ2n) is 14.3. The summed E-state index contributed by atoms with van der Waals surface area (Å²) in [5, 5.41) is 22.4. The van der Waals surface area contributed by atoms with Gasteiger partial charge in [-0.05, 0) is 70.6 Å². The lowest BCUT2D eigenvalue weighted by atomic mass is 9.86. The minimum absolute atomic E-state index is 0.0191. The second-order valence-corrected chi connectivity index (χ2v) is 14.3. The van der Waals surface area contributed by atoms with Gasteiger partial charge in [-0.25, -0.2) is 14.6 Å². The van der Waals surface area contributed by atoms with E-state index in [-0.39, 0.29) is 68.2 Å². The van der Waals surface area contributed by atoms with Crippen molar-refractivity contribution >= 4 is 46.5 Å². The average molecular weight is 790 g/mol. The number of rotatable bonds is 17. The van der Waals surface area contributed by atoms with Crippen molar-refractivity contribution in [2.24, 2.45) is 11.5 Å². The molecule has 6 amide bonds. The van der Waals surface area contributed by atoms with Gasteiger partial charge in [-0.2, -0.15) is 0 Å². The van der Waals surface area contributed by atoms with Gasteiger partial charge in [-0.1, -0.05) is 25.1 Å². The smallest absolute Gasteiger partial charge is 0.343 e. The van der Waals surface area contributed by atoms with E-state index in [9.17, 15) is 38.7 Å². The highest BCUT2D eigenvalue weighted by molar-refractivity contribution is 5.94. The fraction of sp³-hybridized carbons (Fsp3) is 0.487. The molecule has 9 N–H and O–H groups in total. The molecule has 57 heavy (non-hydrogen) atoms. The number of aromatic nitrogens is 2. The second kappa shape index (κ2) is 17.9. The van der Waals surface area contributed by atoms with Gasteiger partial charge in [0.1, 0.15) is 18.7 Å². The maximum Gasteiger partial charge on any atom is 0.343 e. The monoisotopic (exact) mass is 789 g/mol. The molecule has 2 aromatic heterocycles. The number of ether oxygens (including phenoxy) is 1. The molecule has 18 nitrogen and oxygen atoms in total. The van der Waals surface area contributed by atoms with Crippen molar-refractivity contribution in [3.05, 3.63) is 62.9 Å². The Balaban J connectivity index is 1.31. The van der Waals surface area contributed by atoms with E-state index >= 15 is 0 Å². The summed E-state index contributed by atoms with van der Waals surface area (Å²) in [5.41, 5.74) is 12.2. The molecule has 2 aliphatic rings. The largest absolute Gasteiger partial charge is 0.458 e. The SMILES string of the molecule is CCN(CCc1c2c(nc3ccccc13)-c1cc3c(c(=O)n1C2)COC(=O)[C@]3(O)CC)C(=O)CNC(=O)[C@H](CCCCNC(N)=O)NC(=O)[C@H](C)NC(=O)[C@H](C)N. The highest BCUT2D eigenvalue weighted by Crippen LogP contribution is 2.40. The molecule has 2 aliphatic heterocycles. The number of hydrogen-bond acceptors (Lipinski definition) is 11. The first kappa shape index (κ1) is 42.3. The zero-order valence-corrected chi connectivity index (χ0v) is 32.6. The van der Waals surface area contributed by atoms with Gasteiger partial charge in [0.25, 0.3) is 5.56 Å². The molecule has 0 bridgehead atoms. The van der Waals surface area contributed by atoms with E-state index < -0.39 is 53.4 Å². The van der Waals surface area contributed by atoms with Crippen LogP contribution in [-0.4, -0.2) is 99.5 Å². The number of esters is 1. The third-order valence-electron chi connectivity index (χ3n) is 10.5. The number of amides is 6. The molecule has 306 valence electrons. The van der Waals surface area contributed by atoms with Crippen LogP contribution in [0, 0.1) is 0 Å². The van der Waals surface area contributed by atoms with Gasteiger partial charge in [0.05, 0.1) is 41.6 Å². The molecule has 3 aromatic rings. The van der Waals surface area contributed by atoms with Gasteiger partial charge in [0.15, 0.2) is 5.60 Å². The van der Waals surface area contributed by atoms with Crippen molar-refractivity contribution in [1.29, 1.82) is 0 Å². The number of nitrogens with zero attached hydrogens (tertiary/aromatic N) is 3. The van der Waals surface area contributed by atoms with Crippen molar-refractivity contribution in [1.82, 2.24) is 35.7 Å². The number of nitrogens with two attached hydrogens (primary N) is 2. The number of carbonyl (C=O) groups is 6. The molecule has 0 spiro atoms. The Kier molecular flexibility index (Phi) is 13.3. The lowest BCUT2D eigenvalue weighted by Crippen LogP contribution is -2.55. The van der Waals surface area contributed by atoms with Gasteiger partial charge in [-0.15, -0.1) is 0 Å². The van der Waals surface area contributed by atoms with Crippen LogP contribution in [0.3, 0.4) is 0 Å². The number of hydrogen-bond donors (Lipinski definition) is 7. The molecule has 0 aliphatic carbocycles.